The van der Waals surface area contributed by atoms with Gasteiger partial charge in [-0.05, 0) is 29.3 Å². The molecule has 0 saturated carbocycles. The van der Waals surface area contributed by atoms with E-state index in [9.17, 15) is 40.2 Å². The summed E-state index contributed by atoms with van der Waals surface area (Å²) >= 11 is 11.3. The third-order valence-electron chi connectivity index (χ3n) is 7.05. The number of hydrogen-bond acceptors (Lipinski definition) is 5. The smallest absolute Gasteiger partial charge is 0.335 e. The predicted octanol–water partition coefficient (Wildman–Crippen LogP) is 6.73. The molecule has 3 N–H and O–H groups in total. The Labute approximate surface area is 234 Å². The summed E-state index contributed by atoms with van der Waals surface area (Å²) in [6, 6.07) is 6.08. The summed E-state index contributed by atoms with van der Waals surface area (Å²) in [6.45, 7) is -0.554. The number of benzene rings is 2. The van der Waals surface area contributed by atoms with E-state index in [1.54, 1.807) is 0 Å². The molecule has 40 heavy (non-hydrogen) atoms. The SMILES string of the molecule is O=C(C1CS(O)(O)C1)N1CC(F)(c2ccc(C3=CC(c4cc(Cl)c(Cl)c(C(F)(F)F)c4)(C(F)(F)F)ON3)cc2)C1. The van der Waals surface area contributed by atoms with E-state index in [0.717, 1.165) is 0 Å². The van der Waals surface area contributed by atoms with Gasteiger partial charge in [0.25, 0.3) is 0 Å². The fourth-order valence-corrected chi connectivity index (χ4v) is 6.75. The molecule has 1 atom stereocenters. The van der Waals surface area contributed by atoms with E-state index in [4.69, 9.17) is 28.0 Å². The van der Waals surface area contributed by atoms with Crippen LogP contribution in [0.2, 0.25) is 10.0 Å². The lowest BCUT2D eigenvalue weighted by Crippen LogP contribution is -2.62. The maximum absolute atomic E-state index is 15.4. The van der Waals surface area contributed by atoms with Crippen molar-refractivity contribution in [3.63, 3.8) is 0 Å². The van der Waals surface area contributed by atoms with Gasteiger partial charge in [0.05, 0.1) is 51.8 Å². The van der Waals surface area contributed by atoms with Gasteiger partial charge in [-0.15, -0.1) is 0 Å². The van der Waals surface area contributed by atoms with Crippen molar-refractivity contribution < 1.29 is 49.5 Å². The van der Waals surface area contributed by atoms with Crippen molar-refractivity contribution in [3.8, 4) is 0 Å². The molecule has 2 fully saturated rings. The minimum absolute atomic E-state index is 0.0559. The Hall–Kier alpha value is -2.23. The van der Waals surface area contributed by atoms with E-state index < -0.39 is 61.3 Å². The Morgan fingerprint density at radius 1 is 1.02 bits per heavy atom. The molecular weight excluding hydrogens is 616 g/mol. The molecule has 0 aliphatic carbocycles. The molecule has 16 heteroatoms. The number of nitrogens with one attached hydrogen (secondary N) is 1. The molecule has 1 unspecified atom stereocenters. The number of hydrogen-bond donors (Lipinski definition) is 3. The van der Waals surface area contributed by atoms with Crippen molar-refractivity contribution in [1.29, 1.82) is 0 Å². The highest BCUT2D eigenvalue weighted by Crippen LogP contribution is 2.53. The number of carbonyl (C=O) groups is 1. The first-order valence-corrected chi connectivity index (χ1v) is 14.1. The summed E-state index contributed by atoms with van der Waals surface area (Å²) in [5, 5.41) is -1.71. The van der Waals surface area contributed by atoms with Crippen molar-refractivity contribution in [2.45, 2.75) is 23.6 Å². The molecule has 2 aromatic carbocycles. The molecule has 3 heterocycles. The molecule has 3 aliphatic rings. The number of alkyl halides is 7. The van der Waals surface area contributed by atoms with E-state index in [-0.39, 0.29) is 53.4 Å². The summed E-state index contributed by atoms with van der Waals surface area (Å²) in [6.07, 6.45) is -9.77. The Morgan fingerprint density at radius 2 is 1.62 bits per heavy atom. The maximum Gasteiger partial charge on any atom is 0.428 e. The first kappa shape index (κ1) is 29.3. The molecule has 2 saturated heterocycles. The van der Waals surface area contributed by atoms with Crippen molar-refractivity contribution in [1.82, 2.24) is 10.4 Å². The van der Waals surface area contributed by atoms with Gasteiger partial charge in [0, 0.05) is 5.56 Å². The van der Waals surface area contributed by atoms with Crippen LogP contribution >= 0.6 is 33.8 Å². The second-order valence-corrected chi connectivity index (χ2v) is 12.9. The zero-order valence-corrected chi connectivity index (χ0v) is 22.2. The lowest BCUT2D eigenvalue weighted by molar-refractivity contribution is -0.269. The zero-order chi connectivity index (χ0) is 29.5. The molecule has 0 radical (unpaired) electrons. The summed E-state index contributed by atoms with van der Waals surface area (Å²) in [7, 11) is -2.73. The third kappa shape index (κ3) is 4.92. The summed E-state index contributed by atoms with van der Waals surface area (Å²) < 4.78 is 117. The van der Waals surface area contributed by atoms with Crippen LogP contribution in [0.4, 0.5) is 30.7 Å². The summed E-state index contributed by atoms with van der Waals surface area (Å²) in [5.41, 5.74) is -5.68. The maximum atomic E-state index is 15.4. The third-order valence-corrected chi connectivity index (χ3v) is 9.72. The summed E-state index contributed by atoms with van der Waals surface area (Å²) in [5.74, 6) is -1.07. The first-order valence-electron chi connectivity index (χ1n) is 11.5. The van der Waals surface area contributed by atoms with Crippen LogP contribution in [0, 0.1) is 5.92 Å². The lowest BCUT2D eigenvalue weighted by Gasteiger charge is -2.51. The summed E-state index contributed by atoms with van der Waals surface area (Å²) in [4.78, 5) is 18.5. The van der Waals surface area contributed by atoms with Crippen LogP contribution in [0.1, 0.15) is 22.3 Å². The van der Waals surface area contributed by atoms with Crippen LogP contribution in [0.25, 0.3) is 5.70 Å². The van der Waals surface area contributed by atoms with Crippen LogP contribution in [0.5, 0.6) is 0 Å². The number of likely N-dealkylation sites (tertiary alicyclic amines) is 1. The van der Waals surface area contributed by atoms with Gasteiger partial charge in [-0.3, -0.25) is 24.2 Å². The number of carbonyl (C=O) groups excluding carboxylic acids is 1. The Kier molecular flexibility index (Phi) is 6.87. The van der Waals surface area contributed by atoms with Crippen molar-refractivity contribution in [2.24, 2.45) is 5.92 Å². The van der Waals surface area contributed by atoms with Crippen LogP contribution in [-0.4, -0.2) is 50.7 Å². The molecular formula is C24H19Cl2F7N2O4S. The number of nitrogens with zero attached hydrogens (tertiary/aromatic N) is 1. The molecule has 0 bridgehead atoms. The van der Waals surface area contributed by atoms with Crippen LogP contribution in [0.3, 0.4) is 0 Å². The molecule has 5 rings (SSSR count). The van der Waals surface area contributed by atoms with Crippen molar-refractivity contribution in [2.75, 3.05) is 24.6 Å². The highest BCUT2D eigenvalue weighted by Gasteiger charge is 2.60. The molecule has 0 spiro atoms. The van der Waals surface area contributed by atoms with Gasteiger partial charge in [0.1, 0.15) is 0 Å². The largest absolute Gasteiger partial charge is 0.428 e. The van der Waals surface area contributed by atoms with Gasteiger partial charge in [-0.1, -0.05) is 47.5 Å². The fraction of sp³-hybridized carbons (Fsp3) is 0.375. The Balaban J connectivity index is 1.38. The first-order chi connectivity index (χ1) is 18.4. The minimum Gasteiger partial charge on any atom is -0.335 e. The monoisotopic (exact) mass is 634 g/mol. The van der Waals surface area contributed by atoms with Crippen LogP contribution in [0.15, 0.2) is 42.5 Å². The minimum atomic E-state index is -5.24. The molecule has 218 valence electrons. The van der Waals surface area contributed by atoms with E-state index in [2.05, 4.69) is 5.48 Å². The van der Waals surface area contributed by atoms with Gasteiger partial charge < -0.3 is 4.90 Å². The highest BCUT2D eigenvalue weighted by atomic mass is 35.5. The topological polar surface area (TPSA) is 82.0 Å². The lowest BCUT2D eigenvalue weighted by atomic mass is 9.86. The molecule has 1 amide bonds. The fourth-order valence-electron chi connectivity index (χ4n) is 4.84. The van der Waals surface area contributed by atoms with Gasteiger partial charge >= 0.3 is 12.4 Å². The molecule has 0 aromatic heterocycles. The van der Waals surface area contributed by atoms with E-state index in [0.29, 0.717) is 12.1 Å². The zero-order valence-electron chi connectivity index (χ0n) is 19.9. The van der Waals surface area contributed by atoms with Crippen molar-refractivity contribution in [3.05, 3.63) is 74.8 Å². The van der Waals surface area contributed by atoms with E-state index >= 15 is 4.39 Å². The highest BCUT2D eigenvalue weighted by molar-refractivity contribution is 8.25. The second-order valence-electron chi connectivity index (χ2n) is 9.88. The number of amides is 1. The van der Waals surface area contributed by atoms with E-state index in [1.165, 1.54) is 29.2 Å². The van der Waals surface area contributed by atoms with Gasteiger partial charge in [0.2, 0.25) is 11.5 Å². The van der Waals surface area contributed by atoms with Crippen LogP contribution < -0.4 is 5.48 Å². The standard InChI is InChI=1S/C24H19Cl2F7N2O4S/c25-17-6-15(5-16(19(17)26)23(28,29)30)22(24(31,32)33)7-18(34-39-22)12-1-3-14(4-2-12)21(27)10-35(11-21)20(36)13-8-40(37,38)9-13/h1-7,13,34,37-38H,8-11H2. The quantitative estimate of drug-likeness (QED) is 0.325. The number of halogens is 9. The van der Waals surface area contributed by atoms with Crippen LogP contribution in [-0.2, 0) is 27.1 Å². The van der Waals surface area contributed by atoms with E-state index in [1.807, 2.05) is 0 Å². The number of rotatable bonds is 4. The van der Waals surface area contributed by atoms with Gasteiger partial charge in [-0.2, -0.15) is 36.9 Å². The van der Waals surface area contributed by atoms with Gasteiger partial charge in [-0.25, -0.2) is 4.39 Å². The molecule has 3 aliphatic heterocycles. The number of hydroxylamine groups is 1. The molecule has 6 nitrogen and oxygen atoms in total. The second kappa shape index (κ2) is 9.39. The van der Waals surface area contributed by atoms with Gasteiger partial charge in [0.15, 0.2) is 5.67 Å². The predicted molar refractivity (Wildman–Crippen MR) is 133 cm³/mol. The normalized spacial score (nSPS) is 25.0. The average molecular weight is 635 g/mol. The Morgan fingerprint density at radius 3 is 2.15 bits per heavy atom. The Bertz CT molecular complexity index is 1390. The van der Waals surface area contributed by atoms with Crippen molar-refractivity contribution >= 4 is 45.4 Å². The average Bonchev–Trinajstić information content (AvgIpc) is 3.28. The molecule has 2 aromatic rings.